The Morgan fingerprint density at radius 1 is 1.44 bits per heavy atom. The van der Waals surface area contributed by atoms with Crippen LogP contribution in [0.4, 0.5) is 4.39 Å². The van der Waals surface area contributed by atoms with Crippen molar-refractivity contribution < 1.29 is 14.3 Å². The standard InChI is InChI=1S/C11H9FN2O2/c1-7-2-3-8(12)6-10(7)14-5-4-9(13-14)11(15)16/h2-6H,1H3,(H,15,16). The highest BCUT2D eigenvalue weighted by Crippen LogP contribution is 2.15. The first-order valence-electron chi connectivity index (χ1n) is 4.63. The third kappa shape index (κ3) is 1.79. The molecule has 1 aromatic carbocycles. The number of carboxylic acid groups (broad SMARTS) is 1. The van der Waals surface area contributed by atoms with Gasteiger partial charge in [0.05, 0.1) is 5.69 Å². The maximum atomic E-state index is 13.0. The van der Waals surface area contributed by atoms with E-state index in [0.717, 1.165) is 5.56 Å². The first-order valence-corrected chi connectivity index (χ1v) is 4.63. The Balaban J connectivity index is 2.50. The number of benzene rings is 1. The maximum Gasteiger partial charge on any atom is 0.356 e. The Hall–Kier alpha value is -2.17. The average Bonchev–Trinajstić information content (AvgIpc) is 2.70. The fraction of sp³-hybridized carbons (Fsp3) is 0.0909. The zero-order valence-electron chi connectivity index (χ0n) is 8.51. The molecular weight excluding hydrogens is 211 g/mol. The summed E-state index contributed by atoms with van der Waals surface area (Å²) in [5.41, 5.74) is 1.29. The fourth-order valence-electron chi connectivity index (χ4n) is 1.40. The second-order valence-electron chi connectivity index (χ2n) is 3.38. The van der Waals surface area contributed by atoms with Gasteiger partial charge in [0.25, 0.3) is 0 Å². The molecule has 0 atom stereocenters. The summed E-state index contributed by atoms with van der Waals surface area (Å²) < 4.78 is 14.4. The van der Waals surface area contributed by atoms with Crippen LogP contribution in [0.15, 0.2) is 30.5 Å². The summed E-state index contributed by atoms with van der Waals surface area (Å²) in [4.78, 5) is 10.6. The first kappa shape index (κ1) is 10.4. The van der Waals surface area contributed by atoms with Crippen molar-refractivity contribution in [1.82, 2.24) is 9.78 Å². The monoisotopic (exact) mass is 220 g/mol. The molecule has 4 nitrogen and oxygen atoms in total. The lowest BCUT2D eigenvalue weighted by molar-refractivity contribution is 0.0690. The molecule has 1 heterocycles. The highest BCUT2D eigenvalue weighted by molar-refractivity contribution is 5.85. The Labute approximate surface area is 90.9 Å². The van der Waals surface area contributed by atoms with Crippen LogP contribution in [-0.4, -0.2) is 20.9 Å². The summed E-state index contributed by atoms with van der Waals surface area (Å²) in [6.45, 7) is 1.80. The van der Waals surface area contributed by atoms with Gasteiger partial charge in [-0.3, -0.25) is 0 Å². The number of carbonyl (C=O) groups is 1. The van der Waals surface area contributed by atoms with Gasteiger partial charge in [-0.05, 0) is 30.7 Å². The average molecular weight is 220 g/mol. The second-order valence-corrected chi connectivity index (χ2v) is 3.38. The van der Waals surface area contributed by atoms with Crippen LogP contribution in [0.25, 0.3) is 5.69 Å². The summed E-state index contributed by atoms with van der Waals surface area (Å²) >= 11 is 0. The quantitative estimate of drug-likeness (QED) is 0.842. The van der Waals surface area contributed by atoms with Gasteiger partial charge in [-0.25, -0.2) is 13.9 Å². The molecule has 0 bridgehead atoms. The van der Waals surface area contributed by atoms with Gasteiger partial charge >= 0.3 is 5.97 Å². The summed E-state index contributed by atoms with van der Waals surface area (Å²) in [6.07, 6.45) is 1.49. The van der Waals surface area contributed by atoms with Crippen LogP contribution in [0, 0.1) is 12.7 Å². The van der Waals surface area contributed by atoms with Gasteiger partial charge in [-0.2, -0.15) is 5.10 Å². The van der Waals surface area contributed by atoms with E-state index in [1.54, 1.807) is 13.0 Å². The minimum atomic E-state index is -1.10. The third-order valence-corrected chi connectivity index (χ3v) is 2.23. The molecule has 0 radical (unpaired) electrons. The Kier molecular flexibility index (Phi) is 2.44. The predicted octanol–water partition coefficient (Wildman–Crippen LogP) is 2.02. The maximum absolute atomic E-state index is 13.0. The molecule has 82 valence electrons. The van der Waals surface area contributed by atoms with Gasteiger partial charge in [-0.1, -0.05) is 6.07 Å². The van der Waals surface area contributed by atoms with Crippen molar-refractivity contribution in [2.24, 2.45) is 0 Å². The molecule has 0 aliphatic rings. The fourth-order valence-corrected chi connectivity index (χ4v) is 1.40. The van der Waals surface area contributed by atoms with Crippen LogP contribution in [-0.2, 0) is 0 Å². The molecule has 2 rings (SSSR count). The van der Waals surface area contributed by atoms with E-state index >= 15 is 0 Å². The Morgan fingerprint density at radius 3 is 2.81 bits per heavy atom. The topological polar surface area (TPSA) is 55.1 Å². The lowest BCUT2D eigenvalue weighted by atomic mass is 10.2. The molecular formula is C11H9FN2O2. The molecule has 5 heteroatoms. The van der Waals surface area contributed by atoms with E-state index in [1.807, 2.05) is 0 Å². The molecule has 1 N–H and O–H groups in total. The van der Waals surface area contributed by atoms with Gasteiger partial charge in [0.2, 0.25) is 0 Å². The number of carboxylic acids is 1. The van der Waals surface area contributed by atoms with Gasteiger partial charge in [0, 0.05) is 6.20 Å². The molecule has 0 aliphatic carbocycles. The van der Waals surface area contributed by atoms with Gasteiger partial charge < -0.3 is 5.11 Å². The van der Waals surface area contributed by atoms with Crippen LogP contribution in [0.1, 0.15) is 16.1 Å². The summed E-state index contributed by atoms with van der Waals surface area (Å²) in [6, 6.07) is 5.65. The lowest BCUT2D eigenvalue weighted by Gasteiger charge is -2.05. The number of aryl methyl sites for hydroxylation is 1. The van der Waals surface area contributed by atoms with E-state index in [0.29, 0.717) is 5.69 Å². The van der Waals surface area contributed by atoms with E-state index < -0.39 is 5.97 Å². The number of hydrogen-bond acceptors (Lipinski definition) is 2. The largest absolute Gasteiger partial charge is 0.476 e. The van der Waals surface area contributed by atoms with E-state index in [1.165, 1.54) is 29.1 Å². The van der Waals surface area contributed by atoms with E-state index in [-0.39, 0.29) is 11.5 Å². The molecule has 2 aromatic rings. The summed E-state index contributed by atoms with van der Waals surface area (Å²) in [7, 11) is 0. The highest BCUT2D eigenvalue weighted by atomic mass is 19.1. The zero-order chi connectivity index (χ0) is 11.7. The molecule has 1 aromatic heterocycles. The molecule has 0 spiro atoms. The van der Waals surface area contributed by atoms with Crippen molar-refractivity contribution in [3.05, 3.63) is 47.5 Å². The lowest BCUT2D eigenvalue weighted by Crippen LogP contribution is -2.02. The molecule has 0 saturated heterocycles. The third-order valence-electron chi connectivity index (χ3n) is 2.23. The first-order chi connectivity index (χ1) is 7.58. The predicted molar refractivity (Wildman–Crippen MR) is 55.2 cm³/mol. The molecule has 16 heavy (non-hydrogen) atoms. The van der Waals surface area contributed by atoms with Gasteiger partial charge in [-0.15, -0.1) is 0 Å². The number of nitrogens with zero attached hydrogens (tertiary/aromatic N) is 2. The second kappa shape index (κ2) is 3.77. The molecule has 0 aliphatic heterocycles. The van der Waals surface area contributed by atoms with E-state index in [4.69, 9.17) is 5.11 Å². The normalized spacial score (nSPS) is 10.4. The molecule has 0 saturated carbocycles. The SMILES string of the molecule is Cc1ccc(F)cc1-n1ccc(C(=O)O)n1. The van der Waals surface area contributed by atoms with Gasteiger partial charge in [0.1, 0.15) is 5.82 Å². The number of halogens is 1. The molecule has 0 amide bonds. The molecule has 0 fully saturated rings. The Morgan fingerprint density at radius 2 is 2.19 bits per heavy atom. The van der Waals surface area contributed by atoms with Crippen LogP contribution >= 0.6 is 0 Å². The van der Waals surface area contributed by atoms with E-state index in [9.17, 15) is 9.18 Å². The van der Waals surface area contributed by atoms with Crippen molar-refractivity contribution >= 4 is 5.97 Å². The minimum absolute atomic E-state index is 0.0661. The van der Waals surface area contributed by atoms with Crippen LogP contribution in [0.2, 0.25) is 0 Å². The zero-order valence-corrected chi connectivity index (χ0v) is 8.51. The van der Waals surface area contributed by atoms with E-state index in [2.05, 4.69) is 5.10 Å². The van der Waals surface area contributed by atoms with Crippen molar-refractivity contribution in [2.75, 3.05) is 0 Å². The van der Waals surface area contributed by atoms with Gasteiger partial charge in [0.15, 0.2) is 5.69 Å². The summed E-state index contributed by atoms with van der Waals surface area (Å²) in [5, 5.41) is 12.6. The van der Waals surface area contributed by atoms with Crippen LogP contribution in [0.3, 0.4) is 0 Å². The number of aromatic nitrogens is 2. The highest BCUT2D eigenvalue weighted by Gasteiger charge is 2.09. The van der Waals surface area contributed by atoms with Crippen molar-refractivity contribution in [2.45, 2.75) is 6.92 Å². The summed E-state index contributed by atoms with van der Waals surface area (Å²) in [5.74, 6) is -1.49. The molecule has 0 unspecified atom stereocenters. The van der Waals surface area contributed by atoms with Crippen LogP contribution < -0.4 is 0 Å². The smallest absolute Gasteiger partial charge is 0.356 e. The van der Waals surface area contributed by atoms with Crippen molar-refractivity contribution in [1.29, 1.82) is 0 Å². The minimum Gasteiger partial charge on any atom is -0.476 e. The van der Waals surface area contributed by atoms with Crippen molar-refractivity contribution in [3.63, 3.8) is 0 Å². The number of hydrogen-bond donors (Lipinski definition) is 1. The van der Waals surface area contributed by atoms with Crippen LogP contribution in [0.5, 0.6) is 0 Å². The Bertz CT molecular complexity index is 549. The number of rotatable bonds is 2. The van der Waals surface area contributed by atoms with Crippen molar-refractivity contribution in [3.8, 4) is 5.69 Å². The number of aromatic carboxylic acids is 1.